The summed E-state index contributed by atoms with van der Waals surface area (Å²) in [7, 11) is 0. The Morgan fingerprint density at radius 2 is 2.11 bits per heavy atom. The molecule has 1 fully saturated rings. The molecule has 1 aromatic carbocycles. The molecule has 152 valence electrons. The second kappa shape index (κ2) is 10.8. The maximum Gasteiger partial charge on any atom is 0.195 e. The topological polar surface area (TPSA) is 68.0 Å². The first-order valence-corrected chi connectivity index (χ1v) is 10.1. The Labute approximate surface area is 167 Å². The molecule has 2 heterocycles. The van der Waals surface area contributed by atoms with Gasteiger partial charge in [-0.1, -0.05) is 0 Å². The summed E-state index contributed by atoms with van der Waals surface area (Å²) < 4.78 is 16.8. The molecule has 1 atom stereocenters. The summed E-state index contributed by atoms with van der Waals surface area (Å²) in [6, 6.07) is 11.8. The van der Waals surface area contributed by atoms with E-state index in [4.69, 9.17) is 18.9 Å². The van der Waals surface area contributed by atoms with E-state index in [0.717, 1.165) is 68.5 Å². The van der Waals surface area contributed by atoms with Crippen molar-refractivity contribution in [2.75, 3.05) is 25.0 Å². The quantitative estimate of drug-likeness (QED) is 0.499. The molecule has 0 saturated carbocycles. The zero-order valence-corrected chi connectivity index (χ0v) is 16.8. The van der Waals surface area contributed by atoms with Crippen molar-refractivity contribution in [3.8, 4) is 5.75 Å². The normalized spacial score (nSPS) is 17.1. The molecule has 1 saturated heterocycles. The van der Waals surface area contributed by atoms with Gasteiger partial charge in [0.15, 0.2) is 5.96 Å². The van der Waals surface area contributed by atoms with Crippen LogP contribution >= 0.6 is 0 Å². The fourth-order valence-electron chi connectivity index (χ4n) is 3.12. The number of anilines is 1. The van der Waals surface area contributed by atoms with Crippen molar-refractivity contribution in [3.05, 3.63) is 48.4 Å². The lowest BCUT2D eigenvalue weighted by Crippen LogP contribution is -2.32. The summed E-state index contributed by atoms with van der Waals surface area (Å²) in [5.74, 6) is 2.59. The van der Waals surface area contributed by atoms with Gasteiger partial charge in [-0.15, -0.1) is 0 Å². The summed E-state index contributed by atoms with van der Waals surface area (Å²) in [5.41, 5.74) is 0.970. The van der Waals surface area contributed by atoms with Crippen LogP contribution in [0.3, 0.4) is 0 Å². The molecule has 6 heteroatoms. The lowest BCUT2D eigenvalue weighted by atomic mass is 10.2. The third-order valence-corrected chi connectivity index (χ3v) is 4.48. The van der Waals surface area contributed by atoms with Crippen LogP contribution in [0, 0.1) is 0 Å². The van der Waals surface area contributed by atoms with Crippen LogP contribution in [-0.2, 0) is 11.2 Å². The Morgan fingerprint density at radius 1 is 1.25 bits per heavy atom. The SMILES string of the molecule is CC(C)Oc1ccc(NC(=NCCC2CCCO2)NCCc2ccco2)cc1. The van der Waals surface area contributed by atoms with Crippen LogP contribution in [0.5, 0.6) is 5.75 Å². The zero-order chi connectivity index (χ0) is 19.6. The Balaban J connectivity index is 1.55. The Hall–Kier alpha value is -2.47. The highest BCUT2D eigenvalue weighted by atomic mass is 16.5. The predicted octanol–water partition coefficient (Wildman–Crippen LogP) is 4.24. The van der Waals surface area contributed by atoms with E-state index in [1.165, 1.54) is 0 Å². The number of hydrogen-bond acceptors (Lipinski definition) is 4. The standard InChI is InChI=1S/C22H31N3O3/c1-17(2)28-21-9-7-18(8-10-21)25-22(23-13-11-19-5-3-15-26-19)24-14-12-20-6-4-16-27-20/h3,5,7-10,15,17,20H,4,6,11-14,16H2,1-2H3,(H2,23,24,25). The first-order chi connectivity index (χ1) is 13.7. The van der Waals surface area contributed by atoms with Crippen molar-refractivity contribution in [1.29, 1.82) is 0 Å². The number of nitrogens with zero attached hydrogens (tertiary/aromatic N) is 1. The molecule has 0 bridgehead atoms. The number of guanidine groups is 1. The zero-order valence-electron chi connectivity index (χ0n) is 16.8. The molecular formula is C22H31N3O3. The maximum absolute atomic E-state index is 5.70. The smallest absolute Gasteiger partial charge is 0.195 e. The molecular weight excluding hydrogens is 354 g/mol. The second-order valence-electron chi connectivity index (χ2n) is 7.23. The van der Waals surface area contributed by atoms with Gasteiger partial charge in [0.2, 0.25) is 0 Å². The minimum absolute atomic E-state index is 0.164. The number of nitrogens with one attached hydrogen (secondary N) is 2. The van der Waals surface area contributed by atoms with Crippen molar-refractivity contribution in [2.45, 2.75) is 51.7 Å². The summed E-state index contributed by atoms with van der Waals surface area (Å²) in [4.78, 5) is 4.72. The first kappa shape index (κ1) is 20.3. The average Bonchev–Trinajstić information content (AvgIpc) is 3.37. The lowest BCUT2D eigenvalue weighted by molar-refractivity contribution is 0.106. The van der Waals surface area contributed by atoms with Crippen LogP contribution in [0.25, 0.3) is 0 Å². The van der Waals surface area contributed by atoms with E-state index in [2.05, 4.69) is 10.6 Å². The van der Waals surface area contributed by atoms with Crippen molar-refractivity contribution >= 4 is 11.6 Å². The van der Waals surface area contributed by atoms with Gasteiger partial charge in [0.05, 0.1) is 18.5 Å². The monoisotopic (exact) mass is 385 g/mol. The van der Waals surface area contributed by atoms with Gasteiger partial charge in [-0.05, 0) is 69.5 Å². The lowest BCUT2D eigenvalue weighted by Gasteiger charge is -2.14. The Morgan fingerprint density at radius 3 is 2.79 bits per heavy atom. The molecule has 2 N–H and O–H groups in total. The number of rotatable bonds is 9. The van der Waals surface area contributed by atoms with Gasteiger partial charge in [-0.25, -0.2) is 0 Å². The van der Waals surface area contributed by atoms with Gasteiger partial charge in [0.25, 0.3) is 0 Å². The average molecular weight is 386 g/mol. The third-order valence-electron chi connectivity index (χ3n) is 4.48. The van der Waals surface area contributed by atoms with Crippen LogP contribution in [0.2, 0.25) is 0 Å². The van der Waals surface area contributed by atoms with Crippen LogP contribution in [0.1, 0.15) is 38.9 Å². The first-order valence-electron chi connectivity index (χ1n) is 10.1. The highest BCUT2D eigenvalue weighted by molar-refractivity contribution is 5.93. The summed E-state index contributed by atoms with van der Waals surface area (Å²) in [6.07, 6.45) is 6.27. The number of aliphatic imine (C=N–C) groups is 1. The number of furan rings is 1. The highest BCUT2D eigenvalue weighted by Gasteiger charge is 2.14. The van der Waals surface area contributed by atoms with Crippen molar-refractivity contribution in [1.82, 2.24) is 5.32 Å². The van der Waals surface area contributed by atoms with Gasteiger partial charge in [-0.3, -0.25) is 4.99 Å². The molecule has 1 aliphatic heterocycles. The van der Waals surface area contributed by atoms with E-state index in [1.54, 1.807) is 6.26 Å². The molecule has 1 unspecified atom stereocenters. The van der Waals surface area contributed by atoms with Crippen molar-refractivity contribution < 1.29 is 13.9 Å². The molecule has 0 radical (unpaired) electrons. The van der Waals surface area contributed by atoms with Gasteiger partial charge < -0.3 is 24.5 Å². The Bertz CT molecular complexity index is 705. The Kier molecular flexibility index (Phi) is 7.79. The molecule has 0 spiro atoms. The summed E-state index contributed by atoms with van der Waals surface area (Å²) in [5, 5.41) is 6.76. The van der Waals surface area contributed by atoms with E-state index >= 15 is 0 Å². The van der Waals surface area contributed by atoms with Gasteiger partial charge >= 0.3 is 0 Å². The van der Waals surface area contributed by atoms with Crippen molar-refractivity contribution in [2.24, 2.45) is 4.99 Å². The van der Waals surface area contributed by atoms with Gasteiger partial charge in [0.1, 0.15) is 11.5 Å². The highest BCUT2D eigenvalue weighted by Crippen LogP contribution is 2.17. The van der Waals surface area contributed by atoms with Crippen molar-refractivity contribution in [3.63, 3.8) is 0 Å². The van der Waals surface area contributed by atoms with E-state index in [1.807, 2.05) is 50.2 Å². The van der Waals surface area contributed by atoms with E-state index in [-0.39, 0.29) is 6.10 Å². The molecule has 3 rings (SSSR count). The molecule has 1 aromatic heterocycles. The maximum atomic E-state index is 5.70. The molecule has 0 aliphatic carbocycles. The van der Waals surface area contributed by atoms with Crippen LogP contribution < -0.4 is 15.4 Å². The minimum Gasteiger partial charge on any atom is -0.491 e. The minimum atomic E-state index is 0.164. The molecule has 6 nitrogen and oxygen atoms in total. The number of benzene rings is 1. The summed E-state index contributed by atoms with van der Waals surface area (Å²) in [6.45, 7) is 6.40. The molecule has 2 aromatic rings. The molecule has 1 aliphatic rings. The molecule has 28 heavy (non-hydrogen) atoms. The van der Waals surface area contributed by atoms with E-state index in [0.29, 0.717) is 6.10 Å². The van der Waals surface area contributed by atoms with Crippen LogP contribution in [-0.4, -0.2) is 37.9 Å². The molecule has 0 amide bonds. The van der Waals surface area contributed by atoms with Gasteiger partial charge in [-0.2, -0.15) is 0 Å². The van der Waals surface area contributed by atoms with Crippen LogP contribution in [0.15, 0.2) is 52.1 Å². The summed E-state index contributed by atoms with van der Waals surface area (Å²) >= 11 is 0. The fraction of sp³-hybridized carbons (Fsp3) is 0.500. The van der Waals surface area contributed by atoms with Crippen LogP contribution in [0.4, 0.5) is 5.69 Å². The third kappa shape index (κ3) is 6.93. The second-order valence-corrected chi connectivity index (χ2v) is 7.23. The fourth-order valence-corrected chi connectivity index (χ4v) is 3.12. The number of ether oxygens (including phenoxy) is 2. The largest absolute Gasteiger partial charge is 0.491 e. The number of hydrogen-bond donors (Lipinski definition) is 2. The predicted molar refractivity (Wildman–Crippen MR) is 112 cm³/mol. The van der Waals surface area contributed by atoms with E-state index < -0.39 is 0 Å². The van der Waals surface area contributed by atoms with Gasteiger partial charge in [0, 0.05) is 31.8 Å². The van der Waals surface area contributed by atoms with E-state index in [9.17, 15) is 0 Å².